The summed E-state index contributed by atoms with van der Waals surface area (Å²) >= 11 is 5.84. The Kier molecular flexibility index (Phi) is 14.6. The summed E-state index contributed by atoms with van der Waals surface area (Å²) in [4.78, 5) is 31.6. The number of fused-ring (bicyclic) bond motifs is 5. The number of carbonyl (C=O) groups is 1. The smallest absolute Gasteiger partial charge is 0.347 e. The van der Waals surface area contributed by atoms with E-state index in [-0.39, 0.29) is 28.6 Å². The summed E-state index contributed by atoms with van der Waals surface area (Å²) in [6.07, 6.45) is 4.64. The van der Waals surface area contributed by atoms with Gasteiger partial charge in [-0.25, -0.2) is 9.78 Å². The van der Waals surface area contributed by atoms with Crippen molar-refractivity contribution in [2.75, 3.05) is 31.4 Å². The monoisotopic (exact) mass is 1090 g/mol. The number of nitrogens with one attached hydrogen (secondary N) is 1. The number of Topliss-reactive ketones (excluding diaryl/α,β-unsaturated/α-hetero) is 1. The fourth-order valence-electron chi connectivity index (χ4n) is 8.19. The predicted molar refractivity (Wildman–Crippen MR) is 289 cm³/mol. The maximum absolute atomic E-state index is 12.5. The molecule has 9 aromatic rings. The molecule has 0 aliphatic heterocycles. The van der Waals surface area contributed by atoms with Crippen molar-refractivity contribution >= 4 is 95.8 Å². The third kappa shape index (κ3) is 11.3. The summed E-state index contributed by atoms with van der Waals surface area (Å²) < 4.78 is 15.2. The van der Waals surface area contributed by atoms with Crippen LogP contribution in [0.15, 0.2) is 153 Å². The molecular weight excluding hydrogens is 1050 g/mol. The van der Waals surface area contributed by atoms with Crippen LogP contribution in [0.25, 0.3) is 45.3 Å². The van der Waals surface area contributed by atoms with Crippen molar-refractivity contribution in [2.24, 2.45) is 0 Å². The molecule has 13 heteroatoms. The number of carbonyl (C=O) groups excluding carboxylic acids is 1. The zero-order valence-corrected chi connectivity index (χ0v) is 42.2. The van der Waals surface area contributed by atoms with Gasteiger partial charge in [0.25, 0.3) is 0 Å². The second kappa shape index (κ2) is 20.9. The molecule has 0 bridgehead atoms. The highest BCUT2D eigenvalue weighted by molar-refractivity contribution is 14.1. The molecule has 1 aliphatic rings. The summed E-state index contributed by atoms with van der Waals surface area (Å²) in [7, 11) is 5.80. The van der Waals surface area contributed by atoms with Gasteiger partial charge in [-0.05, 0) is 178 Å². The van der Waals surface area contributed by atoms with Gasteiger partial charge in [-0.3, -0.25) is 4.79 Å². The Balaban J connectivity index is 0.000000157. The van der Waals surface area contributed by atoms with Gasteiger partial charge in [0.15, 0.2) is 5.78 Å². The average molecular weight is 1100 g/mol. The van der Waals surface area contributed by atoms with E-state index < -0.39 is 5.63 Å². The maximum Gasteiger partial charge on any atom is 0.347 e. The molecule has 0 saturated carbocycles. The lowest BCUT2D eigenvalue weighted by atomic mass is 10.0. The van der Waals surface area contributed by atoms with E-state index in [1.807, 2.05) is 54.6 Å². The van der Waals surface area contributed by atoms with Gasteiger partial charge in [0.1, 0.15) is 34.1 Å². The zero-order chi connectivity index (χ0) is 48.9. The van der Waals surface area contributed by atoms with Gasteiger partial charge in [0.05, 0.1) is 24.7 Å². The van der Waals surface area contributed by atoms with E-state index in [0.29, 0.717) is 34.6 Å². The Morgan fingerprint density at radius 1 is 0.826 bits per heavy atom. The maximum atomic E-state index is 12.5. The predicted octanol–water partition coefficient (Wildman–Crippen LogP) is 13.1. The Morgan fingerprint density at radius 3 is 2.17 bits per heavy atom. The second-order valence-corrected chi connectivity index (χ2v) is 18.9. The van der Waals surface area contributed by atoms with Crippen molar-refractivity contribution < 1.29 is 29.3 Å². The van der Waals surface area contributed by atoms with E-state index in [0.717, 1.165) is 48.1 Å². The van der Waals surface area contributed by atoms with Crippen LogP contribution in [-0.2, 0) is 13.0 Å². The first-order chi connectivity index (χ1) is 33.1. The number of aromatic nitrogens is 2. The van der Waals surface area contributed by atoms with Crippen LogP contribution in [0, 0.1) is 10.5 Å². The minimum atomic E-state index is -0.623. The fourth-order valence-corrected chi connectivity index (χ4v) is 9.20. The molecule has 11 nitrogen and oxygen atoms in total. The van der Waals surface area contributed by atoms with Crippen molar-refractivity contribution in [3.63, 3.8) is 0 Å². The first-order valence-electron chi connectivity index (χ1n) is 21.9. The van der Waals surface area contributed by atoms with E-state index >= 15 is 0 Å². The van der Waals surface area contributed by atoms with Gasteiger partial charge in [0.2, 0.25) is 5.95 Å². The number of ketones is 1. The number of aromatic hydroxyl groups is 3. The van der Waals surface area contributed by atoms with Crippen LogP contribution in [0.5, 0.6) is 23.0 Å². The van der Waals surface area contributed by atoms with Crippen LogP contribution in [0.2, 0.25) is 0 Å². The van der Waals surface area contributed by atoms with Crippen LogP contribution < -0.4 is 20.6 Å². The summed E-state index contributed by atoms with van der Waals surface area (Å²) in [6.45, 7) is 3.70. The molecule has 0 unspecified atom stereocenters. The number of phenolic OH excluding ortho intramolecular Hbond substituents is 3. The molecule has 4 N–H and O–H groups in total. The van der Waals surface area contributed by atoms with Gasteiger partial charge < -0.3 is 39.3 Å². The largest absolute Gasteiger partial charge is 0.508 e. The third-order valence-electron chi connectivity index (χ3n) is 11.6. The Labute approximate surface area is 421 Å². The van der Waals surface area contributed by atoms with Gasteiger partial charge in [-0.2, -0.15) is 0 Å². The van der Waals surface area contributed by atoms with Crippen LogP contribution in [0.1, 0.15) is 50.7 Å². The van der Waals surface area contributed by atoms with E-state index in [1.165, 1.54) is 40.9 Å². The van der Waals surface area contributed by atoms with Crippen LogP contribution in [-0.4, -0.2) is 51.9 Å². The van der Waals surface area contributed by atoms with Crippen molar-refractivity contribution in [2.45, 2.75) is 26.8 Å². The number of imidazole rings is 1. The third-order valence-corrected chi connectivity index (χ3v) is 12.8. The molecule has 2 aromatic heterocycles. The Morgan fingerprint density at radius 2 is 1.51 bits per heavy atom. The summed E-state index contributed by atoms with van der Waals surface area (Å²) in [5, 5.41) is 31.8. The van der Waals surface area contributed by atoms with E-state index in [9.17, 15) is 19.8 Å². The molecule has 0 saturated heterocycles. The van der Waals surface area contributed by atoms with Crippen molar-refractivity contribution in [1.29, 1.82) is 0 Å². The van der Waals surface area contributed by atoms with Crippen LogP contribution >= 0.6 is 38.5 Å². The number of hydrogen-bond acceptors (Lipinski definition) is 10. The number of methoxy groups -OCH3 is 1. The minimum Gasteiger partial charge on any atom is -0.508 e. The number of nitrogens with zero attached hydrogens (tertiary/aromatic N) is 3. The molecule has 69 heavy (non-hydrogen) atoms. The average Bonchev–Trinajstić information content (AvgIpc) is 3.84. The topological polar surface area (TPSA) is 150 Å². The minimum absolute atomic E-state index is 0.0235. The quantitative estimate of drug-likeness (QED) is 0.0476. The molecule has 10 rings (SSSR count). The Hall–Kier alpha value is -7.36. The number of halogens is 2. The SMILES string of the molecule is CN(C)c1ccc2c(c1)Cc1cc(Br)ccc1-2.COc1ccc(Nc2nc3cc4c(C)c(C(C)=O)c(=O)oc4cc3n2Cc2cccc(I)c2)cc1.Oc1ccc(/C=C/c2cc(O)cc(O)c2)cc1. The number of rotatable bonds is 9. The van der Waals surface area contributed by atoms with E-state index in [1.54, 1.807) is 56.5 Å². The van der Waals surface area contributed by atoms with Crippen LogP contribution in [0.4, 0.5) is 17.3 Å². The van der Waals surface area contributed by atoms with Gasteiger partial charge in [-0.15, -0.1) is 0 Å². The molecule has 0 atom stereocenters. The number of aryl methyl sites for hydroxylation is 1. The number of ether oxygens (including phenoxy) is 1. The summed E-state index contributed by atoms with van der Waals surface area (Å²) in [5.74, 6) is 1.36. The van der Waals surface area contributed by atoms with Crippen molar-refractivity contribution in [3.05, 3.63) is 197 Å². The second-order valence-electron chi connectivity index (χ2n) is 16.7. The lowest BCUT2D eigenvalue weighted by Gasteiger charge is -2.13. The molecular formula is C56H48BrIN4O7. The fraction of sp³-hybridized carbons (Fsp3) is 0.125. The summed E-state index contributed by atoms with van der Waals surface area (Å²) in [5.41, 5.74) is 12.5. The number of anilines is 3. The molecule has 0 radical (unpaired) electrons. The standard InChI is InChI=1S/C27H22IN3O4.C15H14BrN.C14H12O3/c1-15-21-12-22-23(13-24(21)35-26(33)25(15)16(2)32)31(14-17-5-4-6-18(28)11-17)27(30-22)29-19-7-9-20(34-3)10-8-19;1-17(2)13-4-6-15-11(9-13)7-10-8-12(16)3-5-14(10)15;15-12-5-3-10(4-6-12)1-2-11-7-13(16)9-14(17)8-11/h4-13H,14H2,1-3H3,(H,29,30);3-6,8-9H,7H2,1-2H3;1-9,15-17H/b;;2-1+. The highest BCUT2D eigenvalue weighted by Gasteiger charge is 2.21. The van der Waals surface area contributed by atoms with Crippen molar-refractivity contribution in [1.82, 2.24) is 9.55 Å². The van der Waals surface area contributed by atoms with E-state index in [4.69, 9.17) is 19.2 Å². The number of benzene rings is 7. The lowest BCUT2D eigenvalue weighted by molar-refractivity contribution is 0.101. The molecule has 0 spiro atoms. The number of phenols is 3. The first kappa shape index (κ1) is 48.1. The summed E-state index contributed by atoms with van der Waals surface area (Å²) in [6, 6.07) is 44.0. The highest BCUT2D eigenvalue weighted by Crippen LogP contribution is 2.39. The lowest BCUT2D eigenvalue weighted by Crippen LogP contribution is -2.14. The zero-order valence-electron chi connectivity index (χ0n) is 38.4. The molecule has 2 heterocycles. The molecule has 7 aromatic carbocycles. The molecule has 0 amide bonds. The first-order valence-corrected chi connectivity index (χ1v) is 23.7. The van der Waals surface area contributed by atoms with Crippen LogP contribution in [0.3, 0.4) is 0 Å². The van der Waals surface area contributed by atoms with Gasteiger partial charge in [0, 0.05) is 51.0 Å². The molecule has 348 valence electrons. The van der Waals surface area contributed by atoms with Gasteiger partial charge in [-0.1, -0.05) is 64.5 Å². The van der Waals surface area contributed by atoms with Gasteiger partial charge >= 0.3 is 5.63 Å². The van der Waals surface area contributed by atoms with Crippen molar-refractivity contribution in [3.8, 4) is 34.1 Å². The Bertz CT molecular complexity index is 3440. The van der Waals surface area contributed by atoms with E-state index in [2.05, 4.69) is 116 Å². The highest BCUT2D eigenvalue weighted by atomic mass is 127. The normalized spacial score (nSPS) is 11.3. The molecule has 0 fully saturated rings. The number of hydrogen-bond donors (Lipinski definition) is 4. The molecule has 1 aliphatic carbocycles.